The molecule has 0 saturated carbocycles. The van der Waals surface area contributed by atoms with Crippen molar-refractivity contribution in [3.8, 4) is 11.4 Å². The maximum absolute atomic E-state index is 12.6. The van der Waals surface area contributed by atoms with Gasteiger partial charge in [-0.1, -0.05) is 12.1 Å². The van der Waals surface area contributed by atoms with Crippen LogP contribution >= 0.6 is 0 Å². The predicted octanol–water partition coefficient (Wildman–Crippen LogP) is 1.93. The Hall–Kier alpha value is -3.29. The number of hydrogen-bond acceptors (Lipinski definition) is 6. The van der Waals surface area contributed by atoms with E-state index in [0.717, 1.165) is 16.9 Å². The Morgan fingerprint density at radius 2 is 2.15 bits per heavy atom. The third-order valence-electron chi connectivity index (χ3n) is 4.06. The summed E-state index contributed by atoms with van der Waals surface area (Å²) < 4.78 is 1.68. The number of anilines is 1. The van der Waals surface area contributed by atoms with E-state index in [9.17, 15) is 4.79 Å². The Morgan fingerprint density at radius 1 is 1.33 bits per heavy atom. The highest BCUT2D eigenvalue weighted by molar-refractivity contribution is 5.95. The van der Waals surface area contributed by atoms with Crippen LogP contribution < -0.4 is 10.2 Å². The lowest BCUT2D eigenvalue weighted by Gasteiger charge is -2.15. The summed E-state index contributed by atoms with van der Waals surface area (Å²) in [5, 5.41) is 7.03. The zero-order chi connectivity index (χ0) is 19.4. The van der Waals surface area contributed by atoms with Crippen LogP contribution in [0.2, 0.25) is 0 Å². The van der Waals surface area contributed by atoms with Crippen LogP contribution in [0.15, 0.2) is 43.1 Å². The van der Waals surface area contributed by atoms with Gasteiger partial charge in [-0.2, -0.15) is 5.10 Å². The smallest absolute Gasteiger partial charge is 0.251 e. The molecule has 2 aromatic heterocycles. The predicted molar refractivity (Wildman–Crippen MR) is 103 cm³/mol. The second kappa shape index (κ2) is 7.94. The summed E-state index contributed by atoms with van der Waals surface area (Å²) in [6.07, 6.45) is 4.90. The Bertz CT molecular complexity index is 922. The topological polar surface area (TPSA) is 88.8 Å². The van der Waals surface area contributed by atoms with E-state index in [0.29, 0.717) is 17.9 Å². The minimum absolute atomic E-state index is 0.0844. The average molecular weight is 365 g/mol. The fourth-order valence-electron chi connectivity index (χ4n) is 2.78. The molecule has 3 aromatic rings. The zero-order valence-electron chi connectivity index (χ0n) is 15.9. The van der Waals surface area contributed by atoms with Gasteiger partial charge in [-0.25, -0.2) is 15.0 Å². The highest BCUT2D eigenvalue weighted by Gasteiger charge is 2.13. The molecule has 1 N–H and O–H groups in total. The maximum atomic E-state index is 12.6. The van der Waals surface area contributed by atoms with E-state index in [4.69, 9.17) is 0 Å². The third-order valence-corrected chi connectivity index (χ3v) is 4.06. The number of carbonyl (C=O) groups excluding carboxylic acids is 1. The number of rotatable bonds is 6. The van der Waals surface area contributed by atoms with Gasteiger partial charge in [0.1, 0.15) is 18.5 Å². The molecular formula is C19H23N7O. The molecule has 8 nitrogen and oxygen atoms in total. The van der Waals surface area contributed by atoms with Gasteiger partial charge >= 0.3 is 0 Å². The summed E-state index contributed by atoms with van der Waals surface area (Å²) in [5.74, 6) is 1.30. The average Bonchev–Trinajstić information content (AvgIpc) is 3.14. The van der Waals surface area contributed by atoms with Gasteiger partial charge in [0.05, 0.1) is 6.54 Å². The van der Waals surface area contributed by atoms with Crippen LogP contribution in [0.5, 0.6) is 0 Å². The Balaban J connectivity index is 1.77. The van der Waals surface area contributed by atoms with Crippen LogP contribution in [0.25, 0.3) is 11.4 Å². The van der Waals surface area contributed by atoms with Crippen molar-refractivity contribution in [1.82, 2.24) is 30.0 Å². The molecular weight excluding hydrogens is 342 g/mol. The van der Waals surface area contributed by atoms with Gasteiger partial charge < -0.3 is 10.2 Å². The first-order chi connectivity index (χ1) is 12.9. The zero-order valence-corrected chi connectivity index (χ0v) is 15.9. The highest BCUT2D eigenvalue weighted by Crippen LogP contribution is 2.21. The lowest BCUT2D eigenvalue weighted by Crippen LogP contribution is -2.35. The van der Waals surface area contributed by atoms with E-state index in [1.165, 1.54) is 6.33 Å². The number of amides is 1. The van der Waals surface area contributed by atoms with Crippen LogP contribution in [0.1, 0.15) is 22.8 Å². The quantitative estimate of drug-likeness (QED) is 0.718. The first-order valence-corrected chi connectivity index (χ1v) is 8.68. The molecule has 0 aliphatic rings. The van der Waals surface area contributed by atoms with Crippen molar-refractivity contribution in [3.05, 3.63) is 54.2 Å². The van der Waals surface area contributed by atoms with E-state index >= 15 is 0 Å². The van der Waals surface area contributed by atoms with E-state index in [-0.39, 0.29) is 11.9 Å². The monoisotopic (exact) mass is 365 g/mol. The molecule has 0 unspecified atom stereocenters. The van der Waals surface area contributed by atoms with Crippen LogP contribution in [0.3, 0.4) is 0 Å². The number of carbonyl (C=O) groups is 1. The number of aryl methyl sites for hydroxylation is 1. The van der Waals surface area contributed by atoms with Crippen molar-refractivity contribution in [2.24, 2.45) is 0 Å². The van der Waals surface area contributed by atoms with Gasteiger partial charge in [-0.3, -0.25) is 9.48 Å². The normalized spacial score (nSPS) is 11.9. The van der Waals surface area contributed by atoms with Crippen LogP contribution in [0.4, 0.5) is 5.82 Å². The van der Waals surface area contributed by atoms with E-state index in [2.05, 4.69) is 25.4 Å². The van der Waals surface area contributed by atoms with Crippen LogP contribution in [-0.4, -0.2) is 50.8 Å². The largest absolute Gasteiger partial charge is 0.362 e. The molecule has 3 rings (SSSR count). The molecule has 0 bridgehead atoms. The number of aromatic nitrogens is 5. The number of hydrogen-bond donors (Lipinski definition) is 1. The molecule has 0 aliphatic heterocycles. The first kappa shape index (κ1) is 18.5. The van der Waals surface area contributed by atoms with Gasteiger partial charge in [0.15, 0.2) is 5.82 Å². The maximum Gasteiger partial charge on any atom is 0.251 e. The van der Waals surface area contributed by atoms with Crippen LogP contribution in [0, 0.1) is 6.92 Å². The molecule has 0 saturated heterocycles. The summed E-state index contributed by atoms with van der Waals surface area (Å²) >= 11 is 0. The second-order valence-corrected chi connectivity index (χ2v) is 6.67. The molecule has 27 heavy (non-hydrogen) atoms. The molecule has 0 radical (unpaired) electrons. The van der Waals surface area contributed by atoms with Gasteiger partial charge in [0, 0.05) is 43.0 Å². The fraction of sp³-hybridized carbons (Fsp3) is 0.316. The Kier molecular flexibility index (Phi) is 5.44. The summed E-state index contributed by atoms with van der Waals surface area (Å²) in [6.45, 7) is 4.45. The van der Waals surface area contributed by atoms with Crippen LogP contribution in [-0.2, 0) is 6.54 Å². The molecule has 0 fully saturated rings. The Morgan fingerprint density at radius 3 is 2.85 bits per heavy atom. The van der Waals surface area contributed by atoms with Gasteiger partial charge in [0.25, 0.3) is 5.91 Å². The lowest BCUT2D eigenvalue weighted by atomic mass is 10.1. The first-order valence-electron chi connectivity index (χ1n) is 8.68. The van der Waals surface area contributed by atoms with Crippen molar-refractivity contribution < 1.29 is 4.79 Å². The standard InChI is InChI=1S/C19H23N7O/c1-13-9-21-17(24-18(13)25(3)4)15-6-5-7-16(8-15)19(27)23-14(2)10-26-12-20-11-22-26/h5-9,11-12,14H,10H2,1-4H3,(H,23,27)/t14-/m0/s1. The van der Waals surface area contributed by atoms with Crippen molar-refractivity contribution in [2.45, 2.75) is 26.4 Å². The van der Waals surface area contributed by atoms with E-state index in [1.807, 2.05) is 51.0 Å². The molecule has 2 heterocycles. The number of nitrogens with one attached hydrogen (secondary N) is 1. The van der Waals surface area contributed by atoms with E-state index in [1.54, 1.807) is 23.3 Å². The molecule has 140 valence electrons. The molecule has 1 amide bonds. The highest BCUT2D eigenvalue weighted by atomic mass is 16.1. The summed E-state index contributed by atoms with van der Waals surface area (Å²) in [7, 11) is 3.89. The van der Waals surface area contributed by atoms with Gasteiger partial charge in [0.2, 0.25) is 0 Å². The van der Waals surface area contributed by atoms with Gasteiger partial charge in [-0.05, 0) is 26.0 Å². The summed E-state index contributed by atoms with van der Waals surface area (Å²) in [6, 6.07) is 7.24. The van der Waals surface area contributed by atoms with Crippen molar-refractivity contribution >= 4 is 11.7 Å². The minimum Gasteiger partial charge on any atom is -0.362 e. The fourth-order valence-corrected chi connectivity index (χ4v) is 2.78. The molecule has 1 aromatic carbocycles. The van der Waals surface area contributed by atoms with Crippen molar-refractivity contribution in [2.75, 3.05) is 19.0 Å². The minimum atomic E-state index is -0.149. The third kappa shape index (κ3) is 4.46. The Labute approximate surface area is 158 Å². The number of nitrogens with zero attached hydrogens (tertiary/aromatic N) is 6. The second-order valence-electron chi connectivity index (χ2n) is 6.67. The molecule has 0 aliphatic carbocycles. The number of benzene rings is 1. The van der Waals surface area contributed by atoms with Crippen molar-refractivity contribution in [3.63, 3.8) is 0 Å². The lowest BCUT2D eigenvalue weighted by molar-refractivity contribution is 0.0936. The molecule has 8 heteroatoms. The summed E-state index contributed by atoms with van der Waals surface area (Å²) in [5.41, 5.74) is 2.36. The SMILES string of the molecule is Cc1cnc(-c2cccc(C(=O)N[C@@H](C)Cn3cncn3)c2)nc1N(C)C. The summed E-state index contributed by atoms with van der Waals surface area (Å²) in [4.78, 5) is 27.5. The molecule has 0 spiro atoms. The van der Waals surface area contributed by atoms with E-state index < -0.39 is 0 Å². The molecule has 1 atom stereocenters. The van der Waals surface area contributed by atoms with Crippen molar-refractivity contribution in [1.29, 1.82) is 0 Å². The van der Waals surface area contributed by atoms with Gasteiger partial charge in [-0.15, -0.1) is 0 Å².